The van der Waals surface area contributed by atoms with Gasteiger partial charge in [-0.3, -0.25) is 14.5 Å². The summed E-state index contributed by atoms with van der Waals surface area (Å²) >= 11 is 1.72. The molecule has 1 aliphatic rings. The maximum Gasteiger partial charge on any atom is 0.223 e. The number of Topliss-reactive ketones (excluding diaryl/α,β-unsaturated/α-hetero) is 1. The third-order valence-corrected chi connectivity index (χ3v) is 6.82. The van der Waals surface area contributed by atoms with Crippen molar-refractivity contribution in [3.63, 3.8) is 0 Å². The minimum atomic E-state index is -0.374. The molecule has 0 saturated carbocycles. The minimum Gasteiger partial charge on any atom is -0.340 e. The van der Waals surface area contributed by atoms with Crippen molar-refractivity contribution in [3.8, 4) is 0 Å². The van der Waals surface area contributed by atoms with E-state index in [4.69, 9.17) is 4.98 Å². The lowest BCUT2D eigenvalue weighted by Crippen LogP contribution is -2.49. The first-order valence-electron chi connectivity index (χ1n) is 10.2. The summed E-state index contributed by atoms with van der Waals surface area (Å²) < 4.78 is 14.2. The average molecular weight is 426 g/mol. The van der Waals surface area contributed by atoms with Crippen molar-refractivity contribution in [2.75, 3.05) is 26.2 Å². The van der Waals surface area contributed by atoms with Crippen LogP contribution in [-0.4, -0.2) is 52.7 Å². The van der Waals surface area contributed by atoms with Gasteiger partial charge in [0.1, 0.15) is 10.8 Å². The number of halogens is 1. The number of carbonyl (C=O) groups is 2. The number of ketones is 1. The van der Waals surface area contributed by atoms with Crippen LogP contribution in [0.1, 0.15) is 41.2 Å². The van der Waals surface area contributed by atoms with Crippen LogP contribution in [0.15, 0.2) is 48.5 Å². The van der Waals surface area contributed by atoms with E-state index in [9.17, 15) is 14.0 Å². The molecule has 7 heteroatoms. The highest BCUT2D eigenvalue weighted by atomic mass is 32.1. The number of nitrogens with zero attached hydrogens (tertiary/aromatic N) is 3. The number of hydrogen-bond acceptors (Lipinski definition) is 5. The lowest BCUT2D eigenvalue weighted by atomic mass is 10.1. The van der Waals surface area contributed by atoms with Gasteiger partial charge in [-0.2, -0.15) is 0 Å². The molecule has 1 amide bonds. The molecule has 3 aromatic rings. The Morgan fingerprint density at radius 1 is 1.03 bits per heavy atom. The second-order valence-electron chi connectivity index (χ2n) is 7.54. The Balaban J connectivity index is 1.27. The lowest BCUT2D eigenvalue weighted by Gasteiger charge is -2.37. The van der Waals surface area contributed by atoms with Gasteiger partial charge in [-0.15, -0.1) is 11.3 Å². The highest BCUT2D eigenvalue weighted by molar-refractivity contribution is 7.18. The number of thiazole rings is 1. The van der Waals surface area contributed by atoms with Crippen LogP contribution in [0, 0.1) is 5.82 Å². The number of benzene rings is 2. The molecule has 1 saturated heterocycles. The number of rotatable bonds is 6. The minimum absolute atomic E-state index is 0.00208. The predicted molar refractivity (Wildman–Crippen MR) is 116 cm³/mol. The summed E-state index contributed by atoms with van der Waals surface area (Å²) in [4.78, 5) is 33.7. The van der Waals surface area contributed by atoms with Crippen LogP contribution in [0.4, 0.5) is 4.39 Å². The van der Waals surface area contributed by atoms with Crippen molar-refractivity contribution in [2.24, 2.45) is 0 Å². The molecule has 30 heavy (non-hydrogen) atoms. The second kappa shape index (κ2) is 9.02. The van der Waals surface area contributed by atoms with Gasteiger partial charge in [0.2, 0.25) is 5.91 Å². The van der Waals surface area contributed by atoms with Crippen molar-refractivity contribution < 1.29 is 14.0 Å². The highest BCUT2D eigenvalue weighted by Crippen LogP contribution is 2.30. The van der Waals surface area contributed by atoms with Crippen molar-refractivity contribution >= 4 is 33.2 Å². The van der Waals surface area contributed by atoms with Crippen molar-refractivity contribution in [2.45, 2.75) is 25.8 Å². The van der Waals surface area contributed by atoms with Crippen LogP contribution in [-0.2, 0) is 4.79 Å². The molecule has 1 fully saturated rings. The standard InChI is InChI=1S/C23H24FN3O2S/c1-16(23-25-19-4-2-3-5-21(19)30-23)26-12-14-27(15-13-26)22(29)11-10-20(28)17-6-8-18(24)9-7-17/h2-9,16H,10-15H2,1H3/t16-/m1/s1. The summed E-state index contributed by atoms with van der Waals surface area (Å²) in [7, 11) is 0. The van der Waals surface area contributed by atoms with Crippen LogP contribution in [0.25, 0.3) is 10.2 Å². The van der Waals surface area contributed by atoms with Gasteiger partial charge >= 0.3 is 0 Å². The molecule has 156 valence electrons. The molecule has 0 radical (unpaired) electrons. The quantitative estimate of drug-likeness (QED) is 0.553. The average Bonchev–Trinajstić information content (AvgIpc) is 3.21. The fourth-order valence-electron chi connectivity index (χ4n) is 3.74. The smallest absolute Gasteiger partial charge is 0.223 e. The molecule has 5 nitrogen and oxygen atoms in total. The second-order valence-corrected chi connectivity index (χ2v) is 8.60. The zero-order valence-corrected chi connectivity index (χ0v) is 17.7. The number of aromatic nitrogens is 1. The van der Waals surface area contributed by atoms with Gasteiger partial charge < -0.3 is 4.90 Å². The fraction of sp³-hybridized carbons (Fsp3) is 0.348. The Morgan fingerprint density at radius 2 is 1.73 bits per heavy atom. The third-order valence-electron chi connectivity index (χ3n) is 5.61. The summed E-state index contributed by atoms with van der Waals surface area (Å²) in [5.41, 5.74) is 1.47. The summed E-state index contributed by atoms with van der Waals surface area (Å²) in [5.74, 6) is -0.509. The van der Waals surface area contributed by atoms with E-state index in [1.165, 1.54) is 29.0 Å². The Bertz CT molecular complexity index is 1010. The van der Waals surface area contributed by atoms with Crippen molar-refractivity contribution in [3.05, 3.63) is 64.9 Å². The molecule has 0 spiro atoms. The first kappa shape index (κ1) is 20.6. The van der Waals surface area contributed by atoms with Crippen LogP contribution in [0.2, 0.25) is 0 Å². The summed E-state index contributed by atoms with van der Waals surface area (Å²) in [6, 6.07) is 13.8. The molecular formula is C23H24FN3O2S. The number of fused-ring (bicyclic) bond motifs is 1. The molecule has 1 atom stereocenters. The number of carbonyl (C=O) groups excluding carboxylic acids is 2. The SMILES string of the molecule is C[C@H](c1nc2ccccc2s1)N1CCN(C(=O)CCC(=O)c2ccc(F)cc2)CC1. The molecule has 2 heterocycles. The Morgan fingerprint density at radius 3 is 2.43 bits per heavy atom. The largest absolute Gasteiger partial charge is 0.340 e. The number of amides is 1. The molecule has 1 aliphatic heterocycles. The summed E-state index contributed by atoms with van der Waals surface area (Å²) in [6.07, 6.45) is 0.330. The van der Waals surface area contributed by atoms with Gasteiger partial charge in [-0.05, 0) is 43.3 Å². The Hall–Kier alpha value is -2.64. The lowest BCUT2D eigenvalue weighted by molar-refractivity contribution is -0.133. The highest BCUT2D eigenvalue weighted by Gasteiger charge is 2.26. The monoisotopic (exact) mass is 425 g/mol. The van der Waals surface area contributed by atoms with Gasteiger partial charge in [0.15, 0.2) is 5.78 Å². The van der Waals surface area contributed by atoms with E-state index in [0.717, 1.165) is 23.6 Å². The van der Waals surface area contributed by atoms with E-state index in [-0.39, 0.29) is 36.4 Å². The van der Waals surface area contributed by atoms with Crippen LogP contribution < -0.4 is 0 Å². The summed E-state index contributed by atoms with van der Waals surface area (Å²) in [5, 5.41) is 1.10. The number of hydrogen-bond donors (Lipinski definition) is 0. The molecule has 0 unspecified atom stereocenters. The van der Waals surface area contributed by atoms with E-state index in [1.807, 2.05) is 23.1 Å². The van der Waals surface area contributed by atoms with Crippen LogP contribution in [0.3, 0.4) is 0 Å². The van der Waals surface area contributed by atoms with E-state index in [1.54, 1.807) is 11.3 Å². The molecule has 0 bridgehead atoms. The van der Waals surface area contributed by atoms with Crippen molar-refractivity contribution in [1.82, 2.24) is 14.8 Å². The Kier molecular flexibility index (Phi) is 6.20. The normalized spacial score (nSPS) is 16.0. The topological polar surface area (TPSA) is 53.5 Å². The fourth-order valence-corrected chi connectivity index (χ4v) is 4.80. The van der Waals surface area contributed by atoms with Gasteiger partial charge in [0.05, 0.1) is 16.3 Å². The number of piperazine rings is 1. The molecule has 4 rings (SSSR count). The van der Waals surface area contributed by atoms with Gasteiger partial charge in [0.25, 0.3) is 0 Å². The van der Waals surface area contributed by atoms with Gasteiger partial charge in [0, 0.05) is 44.6 Å². The molecule has 1 aromatic heterocycles. The maximum absolute atomic E-state index is 13.0. The van der Waals surface area contributed by atoms with E-state index in [0.29, 0.717) is 18.7 Å². The first-order chi connectivity index (χ1) is 14.5. The zero-order valence-electron chi connectivity index (χ0n) is 16.9. The van der Waals surface area contributed by atoms with E-state index < -0.39 is 0 Å². The van der Waals surface area contributed by atoms with E-state index >= 15 is 0 Å². The molecule has 0 aliphatic carbocycles. The molecule has 2 aromatic carbocycles. The maximum atomic E-state index is 13.0. The predicted octanol–water partition coefficient (Wildman–Crippen LogP) is 4.30. The van der Waals surface area contributed by atoms with Gasteiger partial charge in [-0.25, -0.2) is 9.37 Å². The summed E-state index contributed by atoms with van der Waals surface area (Å²) in [6.45, 7) is 5.04. The van der Waals surface area contributed by atoms with Crippen molar-refractivity contribution in [1.29, 1.82) is 0 Å². The molecular weight excluding hydrogens is 401 g/mol. The zero-order chi connectivity index (χ0) is 21.1. The van der Waals surface area contributed by atoms with E-state index in [2.05, 4.69) is 17.9 Å². The molecule has 0 N–H and O–H groups in total. The van der Waals surface area contributed by atoms with Crippen LogP contribution >= 0.6 is 11.3 Å². The Labute approximate surface area is 179 Å². The third kappa shape index (κ3) is 4.57. The number of para-hydroxylation sites is 1. The van der Waals surface area contributed by atoms with Crippen LogP contribution in [0.5, 0.6) is 0 Å². The van der Waals surface area contributed by atoms with Gasteiger partial charge in [-0.1, -0.05) is 12.1 Å². The first-order valence-corrected chi connectivity index (χ1v) is 11.0.